The van der Waals surface area contributed by atoms with Gasteiger partial charge < -0.3 is 9.64 Å². The second-order valence-corrected chi connectivity index (χ2v) is 6.61. The van der Waals surface area contributed by atoms with Crippen molar-refractivity contribution in [2.45, 2.75) is 6.42 Å². The highest BCUT2D eigenvalue weighted by atomic mass is 16.6. The van der Waals surface area contributed by atoms with E-state index < -0.39 is 16.8 Å². The van der Waals surface area contributed by atoms with Gasteiger partial charge in [-0.1, -0.05) is 30.3 Å². The lowest BCUT2D eigenvalue weighted by atomic mass is 10.1. The van der Waals surface area contributed by atoms with Crippen LogP contribution in [-0.2, 0) is 9.59 Å². The number of carbonyl (C=O) groups excluding carboxylic acids is 2. The molecule has 1 atom stereocenters. The largest absolute Gasteiger partial charge is 0.426 e. The van der Waals surface area contributed by atoms with Crippen molar-refractivity contribution in [3.8, 4) is 5.75 Å². The summed E-state index contributed by atoms with van der Waals surface area (Å²) in [4.78, 5) is 36.6. The molecule has 0 saturated carbocycles. The Kier molecular flexibility index (Phi) is 4.49. The molecule has 1 aliphatic rings. The molecule has 0 bridgehead atoms. The van der Waals surface area contributed by atoms with Crippen LogP contribution in [0.1, 0.15) is 6.42 Å². The number of hydrogen-bond donors (Lipinski definition) is 0. The molecule has 0 aromatic heterocycles. The predicted octanol–water partition coefficient (Wildman–Crippen LogP) is 3.71. The Bertz CT molecular complexity index is 1080. The van der Waals surface area contributed by atoms with Gasteiger partial charge in [0.15, 0.2) is 0 Å². The lowest BCUT2D eigenvalue weighted by Crippen LogP contribution is -2.27. The first-order chi connectivity index (χ1) is 13.5. The molecule has 0 N–H and O–H groups in total. The van der Waals surface area contributed by atoms with E-state index in [2.05, 4.69) is 0 Å². The normalized spacial score (nSPS) is 16.4. The molecule has 4 rings (SSSR count). The Balaban J connectivity index is 1.46. The topological polar surface area (TPSA) is 89.8 Å². The molecule has 3 aromatic rings. The van der Waals surface area contributed by atoms with Crippen LogP contribution in [0, 0.1) is 16.0 Å². The molecule has 1 saturated heterocycles. The summed E-state index contributed by atoms with van der Waals surface area (Å²) in [5, 5.41) is 12.8. The van der Waals surface area contributed by atoms with Gasteiger partial charge >= 0.3 is 5.97 Å². The van der Waals surface area contributed by atoms with E-state index in [-0.39, 0.29) is 24.6 Å². The Hall–Kier alpha value is -3.74. The third kappa shape index (κ3) is 3.42. The molecule has 140 valence electrons. The first-order valence-corrected chi connectivity index (χ1v) is 8.76. The van der Waals surface area contributed by atoms with Crippen LogP contribution in [0.25, 0.3) is 10.8 Å². The number of hydrogen-bond acceptors (Lipinski definition) is 5. The molecule has 28 heavy (non-hydrogen) atoms. The molecule has 7 nitrogen and oxygen atoms in total. The molecular weight excluding hydrogens is 360 g/mol. The zero-order chi connectivity index (χ0) is 19.7. The summed E-state index contributed by atoms with van der Waals surface area (Å²) in [7, 11) is 0. The SMILES string of the molecule is O=C(Oc1ccc2ccccc2c1)[C@H]1CC(=O)N(c2ccc([N+](=O)[O-])cc2)C1. The quantitative estimate of drug-likeness (QED) is 0.300. The summed E-state index contributed by atoms with van der Waals surface area (Å²) < 4.78 is 5.48. The van der Waals surface area contributed by atoms with Crippen molar-refractivity contribution in [1.29, 1.82) is 0 Å². The third-order valence-corrected chi connectivity index (χ3v) is 4.77. The van der Waals surface area contributed by atoms with Crippen LogP contribution >= 0.6 is 0 Å². The monoisotopic (exact) mass is 376 g/mol. The maximum absolute atomic E-state index is 12.5. The molecule has 0 spiro atoms. The smallest absolute Gasteiger partial charge is 0.316 e. The molecule has 0 unspecified atom stereocenters. The minimum atomic E-state index is -0.589. The molecule has 1 fully saturated rings. The van der Waals surface area contributed by atoms with Gasteiger partial charge in [0.25, 0.3) is 5.69 Å². The first kappa shape index (κ1) is 17.7. The zero-order valence-electron chi connectivity index (χ0n) is 14.8. The van der Waals surface area contributed by atoms with Crippen molar-refractivity contribution in [1.82, 2.24) is 0 Å². The highest BCUT2D eigenvalue weighted by Gasteiger charge is 2.36. The number of ether oxygens (including phenoxy) is 1. The van der Waals surface area contributed by atoms with Crippen LogP contribution in [-0.4, -0.2) is 23.3 Å². The average molecular weight is 376 g/mol. The van der Waals surface area contributed by atoms with Gasteiger partial charge in [-0.25, -0.2) is 0 Å². The maximum atomic E-state index is 12.5. The lowest BCUT2D eigenvalue weighted by Gasteiger charge is -2.16. The van der Waals surface area contributed by atoms with Crippen LogP contribution in [0.3, 0.4) is 0 Å². The van der Waals surface area contributed by atoms with E-state index >= 15 is 0 Å². The second kappa shape index (κ2) is 7.11. The van der Waals surface area contributed by atoms with E-state index in [0.717, 1.165) is 10.8 Å². The number of nitro benzene ring substituents is 1. The van der Waals surface area contributed by atoms with Crippen molar-refractivity contribution in [3.05, 3.63) is 76.8 Å². The van der Waals surface area contributed by atoms with E-state index in [9.17, 15) is 19.7 Å². The second-order valence-electron chi connectivity index (χ2n) is 6.61. The predicted molar refractivity (Wildman–Crippen MR) is 103 cm³/mol. The molecule has 7 heteroatoms. The van der Waals surface area contributed by atoms with Gasteiger partial charge in [0, 0.05) is 30.8 Å². The van der Waals surface area contributed by atoms with Gasteiger partial charge in [0.05, 0.1) is 10.8 Å². The van der Waals surface area contributed by atoms with E-state index in [4.69, 9.17) is 4.74 Å². The summed E-state index contributed by atoms with van der Waals surface area (Å²) in [6, 6.07) is 18.8. The molecule has 1 amide bonds. The summed E-state index contributed by atoms with van der Waals surface area (Å²) in [6.45, 7) is 0.184. The number of fused-ring (bicyclic) bond motifs is 1. The van der Waals surface area contributed by atoms with Crippen molar-refractivity contribution in [2.24, 2.45) is 5.92 Å². The van der Waals surface area contributed by atoms with Crippen molar-refractivity contribution >= 4 is 34.0 Å². The number of nitro groups is 1. The standard InChI is InChI=1S/C21H16N2O5/c24-20-12-16(13-22(20)17-6-8-18(9-7-17)23(26)27)21(25)28-19-10-5-14-3-1-2-4-15(14)11-19/h1-11,16H,12-13H2/t16-/m0/s1. The number of carbonyl (C=O) groups is 2. The number of esters is 1. The Labute approximate surface area is 160 Å². The lowest BCUT2D eigenvalue weighted by molar-refractivity contribution is -0.384. The summed E-state index contributed by atoms with van der Waals surface area (Å²) in [6.07, 6.45) is 0.0450. The molecule has 0 aliphatic carbocycles. The van der Waals surface area contributed by atoms with Gasteiger partial charge in [-0.3, -0.25) is 19.7 Å². The Morgan fingerprint density at radius 3 is 2.46 bits per heavy atom. The number of benzene rings is 3. The maximum Gasteiger partial charge on any atom is 0.316 e. The average Bonchev–Trinajstić information content (AvgIpc) is 3.10. The van der Waals surface area contributed by atoms with Crippen LogP contribution in [0.4, 0.5) is 11.4 Å². The minimum Gasteiger partial charge on any atom is -0.426 e. The summed E-state index contributed by atoms with van der Waals surface area (Å²) in [5.41, 5.74) is 0.472. The Morgan fingerprint density at radius 2 is 1.75 bits per heavy atom. The van der Waals surface area contributed by atoms with Crippen LogP contribution in [0.5, 0.6) is 5.75 Å². The van der Waals surface area contributed by atoms with Gasteiger partial charge in [0.1, 0.15) is 5.75 Å². The summed E-state index contributed by atoms with van der Waals surface area (Å²) in [5.74, 6) is -0.832. The van der Waals surface area contributed by atoms with E-state index in [1.807, 2.05) is 30.3 Å². The van der Waals surface area contributed by atoms with Crippen molar-refractivity contribution < 1.29 is 19.2 Å². The van der Waals surface area contributed by atoms with Crippen LogP contribution in [0.15, 0.2) is 66.7 Å². The van der Waals surface area contributed by atoms with Gasteiger partial charge in [-0.2, -0.15) is 0 Å². The van der Waals surface area contributed by atoms with Crippen LogP contribution < -0.4 is 9.64 Å². The van der Waals surface area contributed by atoms with Gasteiger partial charge in [0.2, 0.25) is 5.91 Å². The van der Waals surface area contributed by atoms with E-state index in [1.165, 1.54) is 29.2 Å². The van der Waals surface area contributed by atoms with Crippen molar-refractivity contribution in [2.75, 3.05) is 11.4 Å². The van der Waals surface area contributed by atoms with Gasteiger partial charge in [-0.05, 0) is 35.0 Å². The first-order valence-electron chi connectivity index (χ1n) is 8.76. The number of non-ortho nitro benzene ring substituents is 1. The fourth-order valence-electron chi connectivity index (χ4n) is 3.30. The number of rotatable bonds is 4. The number of nitrogens with zero attached hydrogens (tertiary/aromatic N) is 2. The van der Waals surface area contributed by atoms with Crippen molar-refractivity contribution in [3.63, 3.8) is 0 Å². The van der Waals surface area contributed by atoms with E-state index in [1.54, 1.807) is 12.1 Å². The summed E-state index contributed by atoms with van der Waals surface area (Å²) >= 11 is 0. The Morgan fingerprint density at radius 1 is 1.04 bits per heavy atom. The molecule has 1 heterocycles. The molecular formula is C21H16N2O5. The molecule has 1 aliphatic heterocycles. The minimum absolute atomic E-state index is 0.0450. The zero-order valence-corrected chi connectivity index (χ0v) is 14.8. The molecule has 0 radical (unpaired) electrons. The number of anilines is 1. The number of amides is 1. The molecule has 3 aromatic carbocycles. The fraction of sp³-hybridized carbons (Fsp3) is 0.143. The van der Waals surface area contributed by atoms with E-state index in [0.29, 0.717) is 11.4 Å². The third-order valence-electron chi connectivity index (χ3n) is 4.77. The highest BCUT2D eigenvalue weighted by Crippen LogP contribution is 2.28. The van der Waals surface area contributed by atoms with Crippen LogP contribution in [0.2, 0.25) is 0 Å². The highest BCUT2D eigenvalue weighted by molar-refractivity contribution is 5.99. The van der Waals surface area contributed by atoms with Gasteiger partial charge in [-0.15, -0.1) is 0 Å². The fourth-order valence-corrected chi connectivity index (χ4v) is 3.30.